The van der Waals surface area contributed by atoms with Crippen LogP contribution in [-0.2, 0) is 4.74 Å². The van der Waals surface area contributed by atoms with Crippen molar-refractivity contribution in [3.05, 3.63) is 64.3 Å². The molecule has 0 saturated heterocycles. The molecular formula is C15H13N3O2. The van der Waals surface area contributed by atoms with Crippen molar-refractivity contribution in [2.24, 2.45) is 9.98 Å². The Morgan fingerprint density at radius 2 is 1.80 bits per heavy atom. The highest BCUT2D eigenvalue weighted by Gasteiger charge is 2.13. The van der Waals surface area contributed by atoms with Crippen molar-refractivity contribution < 1.29 is 9.53 Å². The Kier molecular flexibility index (Phi) is 2.95. The Morgan fingerprint density at radius 3 is 2.50 bits per heavy atom. The van der Waals surface area contributed by atoms with Gasteiger partial charge in [0.25, 0.3) is 0 Å². The molecule has 100 valence electrons. The van der Waals surface area contributed by atoms with Crippen molar-refractivity contribution in [3.63, 3.8) is 0 Å². The first-order valence-corrected chi connectivity index (χ1v) is 6.17. The van der Waals surface area contributed by atoms with E-state index in [1.165, 1.54) is 7.11 Å². The number of esters is 1. The molecule has 1 heterocycles. The van der Waals surface area contributed by atoms with Gasteiger partial charge in [-0.25, -0.2) is 4.79 Å². The van der Waals surface area contributed by atoms with Crippen LogP contribution in [0, 0.1) is 0 Å². The first kappa shape index (κ1) is 12.3. The SMILES string of the molecule is COC(=O)c1ccc([C@@H]2N=c3ccc(N)cc3=N2)cc1. The summed E-state index contributed by atoms with van der Waals surface area (Å²) in [4.78, 5) is 20.4. The lowest BCUT2D eigenvalue weighted by Crippen LogP contribution is -2.21. The van der Waals surface area contributed by atoms with E-state index < -0.39 is 0 Å². The molecule has 5 heteroatoms. The van der Waals surface area contributed by atoms with Gasteiger partial charge in [-0.15, -0.1) is 0 Å². The molecule has 0 bridgehead atoms. The van der Waals surface area contributed by atoms with Crippen molar-refractivity contribution in [3.8, 4) is 0 Å². The number of nitrogens with zero attached hydrogens (tertiary/aromatic N) is 2. The number of carbonyl (C=O) groups excluding carboxylic acids is 1. The molecule has 1 aliphatic rings. The summed E-state index contributed by atoms with van der Waals surface area (Å²) in [6, 6.07) is 12.6. The molecule has 5 nitrogen and oxygen atoms in total. The zero-order valence-electron chi connectivity index (χ0n) is 10.9. The van der Waals surface area contributed by atoms with E-state index in [4.69, 9.17) is 5.73 Å². The van der Waals surface area contributed by atoms with Crippen LogP contribution < -0.4 is 16.4 Å². The van der Waals surface area contributed by atoms with Crippen LogP contribution in [0.1, 0.15) is 22.1 Å². The van der Waals surface area contributed by atoms with Crippen molar-refractivity contribution >= 4 is 11.7 Å². The molecule has 3 rings (SSSR count). The average Bonchev–Trinajstić information content (AvgIpc) is 2.89. The molecule has 0 spiro atoms. The monoisotopic (exact) mass is 267 g/mol. The smallest absolute Gasteiger partial charge is 0.337 e. The zero-order chi connectivity index (χ0) is 14.1. The summed E-state index contributed by atoms with van der Waals surface area (Å²) in [5.41, 5.74) is 7.83. The number of hydrogen-bond donors (Lipinski definition) is 1. The predicted octanol–water partition coefficient (Wildman–Crippen LogP) is 1.01. The number of benzene rings is 2. The molecule has 20 heavy (non-hydrogen) atoms. The molecule has 0 radical (unpaired) electrons. The molecule has 1 atom stereocenters. The number of nitrogens with two attached hydrogens (primary N) is 1. The van der Waals surface area contributed by atoms with E-state index in [0.717, 1.165) is 16.3 Å². The molecule has 2 aromatic carbocycles. The molecule has 0 aliphatic carbocycles. The van der Waals surface area contributed by atoms with Gasteiger partial charge in [0.15, 0.2) is 6.17 Å². The van der Waals surface area contributed by atoms with Crippen molar-refractivity contribution in [2.45, 2.75) is 6.17 Å². The molecule has 2 N–H and O–H groups in total. The number of anilines is 1. The number of hydrogen-bond acceptors (Lipinski definition) is 5. The van der Waals surface area contributed by atoms with Crippen LogP contribution >= 0.6 is 0 Å². The van der Waals surface area contributed by atoms with E-state index in [1.54, 1.807) is 18.2 Å². The Labute approximate surface area is 115 Å². The Balaban J connectivity index is 1.94. The standard InChI is InChI=1S/C15H13N3O2/c1-20-15(19)10-4-2-9(3-5-10)14-17-12-7-6-11(16)8-13(12)18-14/h2-8,14H,16H2,1H3/t14-/m1/s1. The van der Waals surface area contributed by atoms with Gasteiger partial charge in [-0.05, 0) is 35.9 Å². The van der Waals surface area contributed by atoms with Crippen LogP contribution in [0.5, 0.6) is 0 Å². The van der Waals surface area contributed by atoms with E-state index in [0.29, 0.717) is 11.3 Å². The van der Waals surface area contributed by atoms with Gasteiger partial charge in [-0.3, -0.25) is 9.98 Å². The van der Waals surface area contributed by atoms with Gasteiger partial charge < -0.3 is 10.5 Å². The number of carbonyl (C=O) groups is 1. The number of fused-ring (bicyclic) bond motifs is 1. The maximum atomic E-state index is 11.4. The van der Waals surface area contributed by atoms with E-state index >= 15 is 0 Å². The largest absolute Gasteiger partial charge is 0.465 e. The fourth-order valence-electron chi connectivity index (χ4n) is 2.10. The summed E-state index contributed by atoms with van der Waals surface area (Å²) in [6.07, 6.45) is -0.279. The minimum Gasteiger partial charge on any atom is -0.465 e. The molecule has 0 saturated carbocycles. The van der Waals surface area contributed by atoms with Gasteiger partial charge in [-0.2, -0.15) is 0 Å². The lowest BCUT2D eigenvalue weighted by Gasteiger charge is -2.05. The third kappa shape index (κ3) is 2.14. The number of methoxy groups -OCH3 is 1. The van der Waals surface area contributed by atoms with Gasteiger partial charge in [0.05, 0.1) is 23.4 Å². The lowest BCUT2D eigenvalue weighted by molar-refractivity contribution is 0.0600. The van der Waals surface area contributed by atoms with Crippen molar-refractivity contribution in [1.82, 2.24) is 0 Å². The third-order valence-corrected chi connectivity index (χ3v) is 3.15. The van der Waals surface area contributed by atoms with E-state index in [-0.39, 0.29) is 12.1 Å². The number of rotatable bonds is 2. The summed E-state index contributed by atoms with van der Waals surface area (Å²) in [7, 11) is 1.36. The van der Waals surface area contributed by atoms with E-state index in [1.807, 2.05) is 24.3 Å². The molecular weight excluding hydrogens is 254 g/mol. The van der Waals surface area contributed by atoms with Gasteiger partial charge in [-0.1, -0.05) is 12.1 Å². The molecule has 2 aromatic rings. The van der Waals surface area contributed by atoms with E-state index in [2.05, 4.69) is 14.7 Å². The second-order valence-electron chi connectivity index (χ2n) is 4.49. The predicted molar refractivity (Wildman–Crippen MR) is 73.7 cm³/mol. The van der Waals surface area contributed by atoms with Crippen molar-refractivity contribution in [2.75, 3.05) is 12.8 Å². The Bertz CT molecular complexity index is 782. The minimum absolute atomic E-state index is 0.279. The van der Waals surface area contributed by atoms with Gasteiger partial charge in [0.2, 0.25) is 0 Å². The second-order valence-corrected chi connectivity index (χ2v) is 4.49. The van der Waals surface area contributed by atoms with E-state index in [9.17, 15) is 4.79 Å². The fourth-order valence-corrected chi connectivity index (χ4v) is 2.10. The summed E-state index contributed by atoms with van der Waals surface area (Å²) in [5.74, 6) is -0.354. The van der Waals surface area contributed by atoms with Gasteiger partial charge in [0.1, 0.15) is 0 Å². The van der Waals surface area contributed by atoms with Crippen LogP contribution in [0.3, 0.4) is 0 Å². The van der Waals surface area contributed by atoms with Crippen LogP contribution in [-0.4, -0.2) is 13.1 Å². The molecule has 1 aliphatic heterocycles. The van der Waals surface area contributed by atoms with Gasteiger partial charge >= 0.3 is 5.97 Å². The Morgan fingerprint density at radius 1 is 1.10 bits per heavy atom. The van der Waals surface area contributed by atoms with Gasteiger partial charge in [0, 0.05) is 5.69 Å². The van der Waals surface area contributed by atoms with Crippen LogP contribution in [0.25, 0.3) is 0 Å². The Hall–Kier alpha value is -2.69. The lowest BCUT2D eigenvalue weighted by atomic mass is 10.1. The molecule has 0 fully saturated rings. The molecule has 0 unspecified atom stereocenters. The molecule has 0 aromatic heterocycles. The second kappa shape index (κ2) is 4.77. The van der Waals surface area contributed by atoms with Crippen LogP contribution in [0.4, 0.5) is 5.69 Å². The number of ether oxygens (including phenoxy) is 1. The summed E-state index contributed by atoms with van der Waals surface area (Å²) in [5, 5.41) is 1.63. The van der Waals surface area contributed by atoms with Crippen LogP contribution in [0.15, 0.2) is 52.4 Å². The highest BCUT2D eigenvalue weighted by atomic mass is 16.5. The number of nitrogen functional groups attached to an aromatic ring is 1. The first-order valence-electron chi connectivity index (χ1n) is 6.17. The van der Waals surface area contributed by atoms with Crippen molar-refractivity contribution in [1.29, 1.82) is 0 Å². The average molecular weight is 267 g/mol. The molecule has 0 amide bonds. The highest BCUT2D eigenvalue weighted by Crippen LogP contribution is 2.20. The quantitative estimate of drug-likeness (QED) is 0.651. The summed E-state index contributed by atoms with van der Waals surface area (Å²) < 4.78 is 4.67. The summed E-state index contributed by atoms with van der Waals surface area (Å²) in [6.45, 7) is 0. The minimum atomic E-state index is -0.354. The van der Waals surface area contributed by atoms with Crippen LogP contribution in [0.2, 0.25) is 0 Å². The highest BCUT2D eigenvalue weighted by molar-refractivity contribution is 5.89. The normalized spacial score (nSPS) is 15.9. The fraction of sp³-hybridized carbons (Fsp3) is 0.133. The maximum absolute atomic E-state index is 11.4. The zero-order valence-corrected chi connectivity index (χ0v) is 10.9. The maximum Gasteiger partial charge on any atom is 0.337 e. The topological polar surface area (TPSA) is 77.0 Å². The summed E-state index contributed by atoms with van der Waals surface area (Å²) >= 11 is 0. The first-order chi connectivity index (χ1) is 9.67. The third-order valence-electron chi connectivity index (χ3n) is 3.15.